The van der Waals surface area contributed by atoms with Gasteiger partial charge in [0.05, 0.1) is 6.26 Å². The number of nitrogens with two attached hydrogens (primary N) is 1. The van der Waals surface area contributed by atoms with E-state index in [4.69, 9.17) is 10.2 Å². The summed E-state index contributed by atoms with van der Waals surface area (Å²) in [6.07, 6.45) is 1.23. The largest absolute Gasteiger partial charge is 0.423 e. The van der Waals surface area contributed by atoms with Gasteiger partial charge in [-0.15, -0.1) is 0 Å². The minimum absolute atomic E-state index is 0.444. The minimum atomic E-state index is -3.12. The summed E-state index contributed by atoms with van der Waals surface area (Å²) in [5.41, 5.74) is 7.74. The third-order valence-corrected chi connectivity index (χ3v) is 4.68. The first kappa shape index (κ1) is 13.2. The van der Waals surface area contributed by atoms with Gasteiger partial charge < -0.3 is 15.1 Å². The average Bonchev–Trinajstić information content (AvgIpc) is 2.80. The van der Waals surface area contributed by atoms with Gasteiger partial charge in [0.25, 0.3) is 6.01 Å². The molecule has 0 unspecified atom stereocenters. The van der Waals surface area contributed by atoms with E-state index in [9.17, 15) is 8.42 Å². The van der Waals surface area contributed by atoms with E-state index in [-0.39, 0.29) is 0 Å². The molecule has 20 heavy (non-hydrogen) atoms. The van der Waals surface area contributed by atoms with Crippen LogP contribution in [0, 0.1) is 0 Å². The van der Waals surface area contributed by atoms with Crippen molar-refractivity contribution in [3.05, 3.63) is 18.2 Å². The Bertz CT molecular complexity index is 732. The maximum absolute atomic E-state index is 11.5. The summed E-state index contributed by atoms with van der Waals surface area (Å²) >= 11 is 0. The maximum Gasteiger partial charge on any atom is 0.298 e. The molecule has 0 aliphatic carbocycles. The SMILES string of the molecule is CS(=O)(=O)N1CCN(c2nc3cc(N)ccc3o2)CC1. The Morgan fingerprint density at radius 1 is 1.25 bits per heavy atom. The molecule has 0 saturated carbocycles. The van der Waals surface area contributed by atoms with Crippen LogP contribution in [-0.4, -0.2) is 50.1 Å². The Hall–Kier alpha value is -1.80. The van der Waals surface area contributed by atoms with E-state index in [1.54, 1.807) is 18.2 Å². The van der Waals surface area contributed by atoms with Crippen molar-refractivity contribution in [3.8, 4) is 0 Å². The summed E-state index contributed by atoms with van der Waals surface area (Å²) in [6, 6.07) is 5.82. The maximum atomic E-state index is 11.5. The molecular formula is C12H16N4O3S. The molecule has 7 nitrogen and oxygen atoms in total. The highest BCUT2D eigenvalue weighted by Crippen LogP contribution is 2.24. The second kappa shape index (κ2) is 4.64. The van der Waals surface area contributed by atoms with Gasteiger partial charge >= 0.3 is 0 Å². The predicted molar refractivity (Wildman–Crippen MR) is 77.1 cm³/mol. The number of piperazine rings is 1. The number of nitrogens with zero attached hydrogens (tertiary/aromatic N) is 3. The van der Waals surface area contributed by atoms with Gasteiger partial charge in [0.15, 0.2) is 5.58 Å². The molecule has 1 aliphatic heterocycles. The fraction of sp³-hybridized carbons (Fsp3) is 0.417. The van der Waals surface area contributed by atoms with Crippen molar-refractivity contribution < 1.29 is 12.8 Å². The lowest BCUT2D eigenvalue weighted by Crippen LogP contribution is -2.48. The van der Waals surface area contributed by atoms with Crippen LogP contribution in [0.3, 0.4) is 0 Å². The van der Waals surface area contributed by atoms with Gasteiger partial charge in [0.2, 0.25) is 10.0 Å². The molecule has 1 aromatic heterocycles. The zero-order chi connectivity index (χ0) is 14.3. The topological polar surface area (TPSA) is 92.7 Å². The van der Waals surface area contributed by atoms with Gasteiger partial charge in [-0.3, -0.25) is 0 Å². The average molecular weight is 296 g/mol. The number of anilines is 2. The van der Waals surface area contributed by atoms with Gasteiger partial charge in [0, 0.05) is 31.9 Å². The Kier molecular flexibility index (Phi) is 3.06. The number of sulfonamides is 1. The van der Waals surface area contributed by atoms with E-state index < -0.39 is 10.0 Å². The normalized spacial score (nSPS) is 17.8. The van der Waals surface area contributed by atoms with Crippen LogP contribution in [0.4, 0.5) is 11.7 Å². The number of benzene rings is 1. The van der Waals surface area contributed by atoms with E-state index in [0.29, 0.717) is 49.0 Å². The summed E-state index contributed by atoms with van der Waals surface area (Å²) in [5.74, 6) is 0. The summed E-state index contributed by atoms with van der Waals surface area (Å²) in [7, 11) is -3.12. The molecule has 3 rings (SSSR count). The first-order valence-electron chi connectivity index (χ1n) is 6.29. The Balaban J connectivity index is 1.80. The third-order valence-electron chi connectivity index (χ3n) is 3.38. The third kappa shape index (κ3) is 2.44. The van der Waals surface area contributed by atoms with Crippen LogP contribution in [0.2, 0.25) is 0 Å². The van der Waals surface area contributed by atoms with E-state index in [2.05, 4.69) is 4.98 Å². The molecule has 108 valence electrons. The standard InChI is InChI=1S/C12H16N4O3S/c1-20(17,18)16-6-4-15(5-7-16)12-14-10-8-9(13)2-3-11(10)19-12/h2-3,8H,4-7,13H2,1H3. The predicted octanol–water partition coefficient (Wildman–Crippen LogP) is 0.492. The van der Waals surface area contributed by atoms with Gasteiger partial charge in [-0.25, -0.2) is 8.42 Å². The number of hydrogen-bond donors (Lipinski definition) is 1. The van der Waals surface area contributed by atoms with E-state index >= 15 is 0 Å². The fourth-order valence-corrected chi connectivity index (χ4v) is 3.11. The number of hydrogen-bond acceptors (Lipinski definition) is 6. The van der Waals surface area contributed by atoms with E-state index in [1.807, 2.05) is 4.90 Å². The lowest BCUT2D eigenvalue weighted by molar-refractivity contribution is 0.376. The lowest BCUT2D eigenvalue weighted by atomic mass is 10.3. The Morgan fingerprint density at radius 2 is 1.95 bits per heavy atom. The monoisotopic (exact) mass is 296 g/mol. The summed E-state index contributed by atoms with van der Waals surface area (Å²) in [5, 5.41) is 0. The molecule has 2 aromatic rings. The number of nitrogen functional groups attached to an aromatic ring is 1. The van der Waals surface area contributed by atoms with Gasteiger partial charge in [0.1, 0.15) is 5.52 Å². The smallest absolute Gasteiger partial charge is 0.298 e. The van der Waals surface area contributed by atoms with Crippen LogP contribution < -0.4 is 10.6 Å². The summed E-state index contributed by atoms with van der Waals surface area (Å²) in [6.45, 7) is 2.02. The Morgan fingerprint density at radius 3 is 2.60 bits per heavy atom. The number of aromatic nitrogens is 1. The molecule has 0 bridgehead atoms. The highest BCUT2D eigenvalue weighted by Gasteiger charge is 2.25. The summed E-state index contributed by atoms with van der Waals surface area (Å²) < 4.78 is 30.1. The van der Waals surface area contributed by atoms with Crippen molar-refractivity contribution >= 4 is 32.8 Å². The van der Waals surface area contributed by atoms with Crippen LogP contribution in [-0.2, 0) is 10.0 Å². The molecule has 1 aliphatic rings. The molecule has 1 aromatic carbocycles. The molecule has 0 spiro atoms. The van der Waals surface area contributed by atoms with Crippen LogP contribution in [0.5, 0.6) is 0 Å². The highest BCUT2D eigenvalue weighted by molar-refractivity contribution is 7.88. The molecule has 0 amide bonds. The molecule has 8 heteroatoms. The van der Waals surface area contributed by atoms with Crippen molar-refractivity contribution in [1.82, 2.24) is 9.29 Å². The number of fused-ring (bicyclic) bond motifs is 1. The fourth-order valence-electron chi connectivity index (χ4n) is 2.28. The van der Waals surface area contributed by atoms with Crippen molar-refractivity contribution in [2.75, 3.05) is 43.1 Å². The van der Waals surface area contributed by atoms with Crippen molar-refractivity contribution in [2.24, 2.45) is 0 Å². The zero-order valence-electron chi connectivity index (χ0n) is 11.1. The van der Waals surface area contributed by atoms with E-state index in [1.165, 1.54) is 10.6 Å². The second-order valence-corrected chi connectivity index (χ2v) is 6.86. The number of rotatable bonds is 2. The van der Waals surface area contributed by atoms with E-state index in [0.717, 1.165) is 0 Å². The second-order valence-electron chi connectivity index (χ2n) is 4.87. The van der Waals surface area contributed by atoms with Crippen LogP contribution in [0.15, 0.2) is 22.6 Å². The number of oxazole rings is 1. The molecule has 1 saturated heterocycles. The van der Waals surface area contributed by atoms with Crippen LogP contribution in [0.25, 0.3) is 11.1 Å². The molecule has 0 atom stereocenters. The highest BCUT2D eigenvalue weighted by atomic mass is 32.2. The van der Waals surface area contributed by atoms with Crippen molar-refractivity contribution in [3.63, 3.8) is 0 Å². The lowest BCUT2D eigenvalue weighted by Gasteiger charge is -2.32. The zero-order valence-corrected chi connectivity index (χ0v) is 11.9. The van der Waals surface area contributed by atoms with Crippen molar-refractivity contribution in [1.29, 1.82) is 0 Å². The minimum Gasteiger partial charge on any atom is -0.423 e. The van der Waals surface area contributed by atoms with Crippen LogP contribution in [0.1, 0.15) is 0 Å². The first-order valence-corrected chi connectivity index (χ1v) is 8.14. The first-order chi connectivity index (χ1) is 9.43. The molecule has 2 heterocycles. The van der Waals surface area contributed by atoms with Gasteiger partial charge in [-0.05, 0) is 18.2 Å². The molecule has 1 fully saturated rings. The van der Waals surface area contributed by atoms with Gasteiger partial charge in [-0.1, -0.05) is 0 Å². The molecular weight excluding hydrogens is 280 g/mol. The van der Waals surface area contributed by atoms with Gasteiger partial charge in [-0.2, -0.15) is 9.29 Å². The van der Waals surface area contributed by atoms with Crippen LogP contribution >= 0.6 is 0 Å². The Labute approximate surface area is 117 Å². The summed E-state index contributed by atoms with van der Waals surface area (Å²) in [4.78, 5) is 6.34. The quantitative estimate of drug-likeness (QED) is 0.811. The van der Waals surface area contributed by atoms with Crippen molar-refractivity contribution in [2.45, 2.75) is 0 Å². The molecule has 2 N–H and O–H groups in total. The molecule has 0 radical (unpaired) electrons.